The Morgan fingerprint density at radius 2 is 2.08 bits per heavy atom. The molecule has 0 heterocycles. The Labute approximate surface area is 81.5 Å². The standard InChI is InChI=1S/C10H10ClFO/c1-10(2,6-13)7-3-4-8(11)9(12)5-7/h3-6H,1-2H3. The molecule has 3 heteroatoms. The van der Waals surface area contributed by atoms with Gasteiger partial charge in [-0.1, -0.05) is 17.7 Å². The van der Waals surface area contributed by atoms with Crippen LogP contribution < -0.4 is 0 Å². The lowest BCUT2D eigenvalue weighted by atomic mass is 9.86. The average molecular weight is 201 g/mol. The van der Waals surface area contributed by atoms with Crippen LogP contribution in [0.25, 0.3) is 0 Å². The van der Waals surface area contributed by atoms with E-state index >= 15 is 0 Å². The molecule has 1 rings (SSSR count). The van der Waals surface area contributed by atoms with Crippen LogP contribution in [0.1, 0.15) is 19.4 Å². The zero-order valence-electron chi connectivity index (χ0n) is 7.47. The van der Waals surface area contributed by atoms with Gasteiger partial charge < -0.3 is 4.79 Å². The molecule has 1 aromatic rings. The first-order valence-corrected chi connectivity index (χ1v) is 4.27. The van der Waals surface area contributed by atoms with Gasteiger partial charge in [0.1, 0.15) is 12.1 Å². The summed E-state index contributed by atoms with van der Waals surface area (Å²) in [5.41, 5.74) is -0.0322. The summed E-state index contributed by atoms with van der Waals surface area (Å²) < 4.78 is 13.0. The van der Waals surface area contributed by atoms with Crippen molar-refractivity contribution >= 4 is 17.9 Å². The van der Waals surface area contributed by atoms with E-state index < -0.39 is 11.2 Å². The number of benzene rings is 1. The predicted octanol–water partition coefficient (Wildman–Crippen LogP) is 2.96. The van der Waals surface area contributed by atoms with E-state index in [-0.39, 0.29) is 5.02 Å². The van der Waals surface area contributed by atoms with Crippen molar-refractivity contribution in [2.24, 2.45) is 0 Å². The zero-order chi connectivity index (χ0) is 10.1. The highest BCUT2D eigenvalue weighted by atomic mass is 35.5. The summed E-state index contributed by atoms with van der Waals surface area (Å²) in [6.45, 7) is 3.45. The van der Waals surface area contributed by atoms with E-state index in [0.29, 0.717) is 5.56 Å². The molecule has 0 fully saturated rings. The summed E-state index contributed by atoms with van der Waals surface area (Å²) in [6.07, 6.45) is 0.787. The number of rotatable bonds is 2. The molecular formula is C10H10ClFO. The minimum absolute atomic E-state index is 0.0745. The first-order chi connectivity index (χ1) is 5.97. The van der Waals surface area contributed by atoms with Crippen molar-refractivity contribution in [2.75, 3.05) is 0 Å². The number of halogens is 2. The lowest BCUT2D eigenvalue weighted by Crippen LogP contribution is -2.18. The Morgan fingerprint density at radius 3 is 2.54 bits per heavy atom. The van der Waals surface area contributed by atoms with E-state index in [9.17, 15) is 9.18 Å². The molecule has 0 N–H and O–H groups in total. The Bertz CT molecular complexity index is 334. The van der Waals surface area contributed by atoms with E-state index in [0.717, 1.165) is 6.29 Å². The van der Waals surface area contributed by atoms with Gasteiger partial charge in [-0.2, -0.15) is 0 Å². The van der Waals surface area contributed by atoms with Crippen LogP contribution in [-0.2, 0) is 10.2 Å². The van der Waals surface area contributed by atoms with Crippen LogP contribution in [0.15, 0.2) is 18.2 Å². The lowest BCUT2D eigenvalue weighted by Gasteiger charge is -2.17. The van der Waals surface area contributed by atoms with Crippen molar-refractivity contribution in [2.45, 2.75) is 19.3 Å². The van der Waals surface area contributed by atoms with Crippen molar-refractivity contribution in [1.82, 2.24) is 0 Å². The third-order valence-corrected chi connectivity index (χ3v) is 2.26. The third kappa shape index (κ3) is 2.07. The fraction of sp³-hybridized carbons (Fsp3) is 0.300. The molecule has 0 saturated carbocycles. The Hall–Kier alpha value is -0.890. The highest BCUT2D eigenvalue weighted by molar-refractivity contribution is 6.30. The Balaban J connectivity index is 3.18. The molecule has 0 aliphatic rings. The Morgan fingerprint density at radius 1 is 1.46 bits per heavy atom. The quantitative estimate of drug-likeness (QED) is 0.671. The molecule has 13 heavy (non-hydrogen) atoms. The smallest absolute Gasteiger partial charge is 0.142 e. The number of hydrogen-bond acceptors (Lipinski definition) is 1. The first kappa shape index (κ1) is 10.2. The average Bonchev–Trinajstić information content (AvgIpc) is 2.09. The fourth-order valence-corrected chi connectivity index (χ4v) is 1.08. The maximum absolute atomic E-state index is 13.0. The summed E-state index contributed by atoms with van der Waals surface area (Å²) in [6, 6.07) is 4.40. The third-order valence-electron chi connectivity index (χ3n) is 1.96. The van der Waals surface area contributed by atoms with E-state index in [1.165, 1.54) is 12.1 Å². The maximum atomic E-state index is 13.0. The van der Waals surface area contributed by atoms with Gasteiger partial charge in [0.15, 0.2) is 0 Å². The van der Waals surface area contributed by atoms with Gasteiger partial charge in [-0.05, 0) is 31.5 Å². The molecular weight excluding hydrogens is 191 g/mol. The van der Waals surface area contributed by atoms with E-state index in [2.05, 4.69) is 0 Å². The molecule has 0 spiro atoms. The second kappa shape index (κ2) is 3.46. The molecule has 0 saturated heterocycles. The highest BCUT2D eigenvalue weighted by Gasteiger charge is 2.20. The normalized spacial score (nSPS) is 11.4. The monoisotopic (exact) mass is 200 g/mol. The molecule has 1 aromatic carbocycles. The van der Waals surface area contributed by atoms with Gasteiger partial charge in [0.05, 0.1) is 5.02 Å². The summed E-state index contributed by atoms with van der Waals surface area (Å²) in [5.74, 6) is -0.492. The second-order valence-corrected chi connectivity index (χ2v) is 3.88. The molecule has 0 atom stereocenters. The summed E-state index contributed by atoms with van der Waals surface area (Å²) >= 11 is 5.51. The predicted molar refractivity (Wildman–Crippen MR) is 50.5 cm³/mol. The summed E-state index contributed by atoms with van der Waals surface area (Å²) in [5, 5.41) is 0.0745. The van der Waals surface area contributed by atoms with Crippen molar-refractivity contribution < 1.29 is 9.18 Å². The fourth-order valence-electron chi connectivity index (χ4n) is 0.965. The molecule has 0 bridgehead atoms. The van der Waals surface area contributed by atoms with Gasteiger partial charge >= 0.3 is 0 Å². The van der Waals surface area contributed by atoms with Crippen molar-refractivity contribution in [3.05, 3.63) is 34.6 Å². The molecule has 0 aliphatic carbocycles. The zero-order valence-corrected chi connectivity index (χ0v) is 8.23. The minimum atomic E-state index is -0.661. The van der Waals surface area contributed by atoms with Gasteiger partial charge in [-0.25, -0.2) is 4.39 Å². The molecule has 70 valence electrons. The van der Waals surface area contributed by atoms with Gasteiger partial charge in [0.25, 0.3) is 0 Å². The molecule has 0 aromatic heterocycles. The van der Waals surface area contributed by atoms with Crippen LogP contribution in [0.5, 0.6) is 0 Å². The van der Waals surface area contributed by atoms with Crippen molar-refractivity contribution in [3.63, 3.8) is 0 Å². The van der Waals surface area contributed by atoms with Gasteiger partial charge in [0.2, 0.25) is 0 Å². The maximum Gasteiger partial charge on any atom is 0.142 e. The number of aldehydes is 1. The van der Waals surface area contributed by atoms with Crippen molar-refractivity contribution in [1.29, 1.82) is 0 Å². The number of carbonyl (C=O) groups excluding carboxylic acids is 1. The first-order valence-electron chi connectivity index (χ1n) is 3.89. The summed E-state index contributed by atoms with van der Waals surface area (Å²) in [7, 11) is 0. The Kier molecular flexibility index (Phi) is 2.71. The summed E-state index contributed by atoms with van der Waals surface area (Å²) in [4.78, 5) is 10.7. The minimum Gasteiger partial charge on any atom is -0.302 e. The number of hydrogen-bond donors (Lipinski definition) is 0. The van der Waals surface area contributed by atoms with Crippen LogP contribution in [0.2, 0.25) is 5.02 Å². The van der Waals surface area contributed by atoms with Crippen LogP contribution in [0.4, 0.5) is 4.39 Å². The van der Waals surface area contributed by atoms with Crippen LogP contribution in [-0.4, -0.2) is 6.29 Å². The molecule has 1 nitrogen and oxygen atoms in total. The van der Waals surface area contributed by atoms with E-state index in [1.807, 2.05) is 0 Å². The van der Waals surface area contributed by atoms with Gasteiger partial charge in [-0.15, -0.1) is 0 Å². The molecule has 0 aliphatic heterocycles. The largest absolute Gasteiger partial charge is 0.302 e. The molecule has 0 unspecified atom stereocenters. The van der Waals surface area contributed by atoms with Crippen LogP contribution in [0.3, 0.4) is 0 Å². The van der Waals surface area contributed by atoms with E-state index in [1.54, 1.807) is 19.9 Å². The highest BCUT2D eigenvalue weighted by Crippen LogP contribution is 2.24. The van der Waals surface area contributed by atoms with Gasteiger partial charge in [0, 0.05) is 5.41 Å². The van der Waals surface area contributed by atoms with E-state index in [4.69, 9.17) is 11.6 Å². The lowest BCUT2D eigenvalue weighted by molar-refractivity contribution is -0.111. The number of carbonyl (C=O) groups is 1. The SMILES string of the molecule is CC(C)(C=O)c1ccc(Cl)c(F)c1. The van der Waals surface area contributed by atoms with Gasteiger partial charge in [-0.3, -0.25) is 0 Å². The van der Waals surface area contributed by atoms with Crippen molar-refractivity contribution in [3.8, 4) is 0 Å². The topological polar surface area (TPSA) is 17.1 Å². The van der Waals surface area contributed by atoms with Crippen LogP contribution in [0, 0.1) is 5.82 Å². The molecule has 0 amide bonds. The molecule has 0 radical (unpaired) electrons. The second-order valence-electron chi connectivity index (χ2n) is 3.47. The van der Waals surface area contributed by atoms with Crippen LogP contribution >= 0.6 is 11.6 Å².